The Kier molecular flexibility index (Phi) is 6.85. The van der Waals surface area contributed by atoms with Crippen LogP contribution < -0.4 is 15.4 Å². The van der Waals surface area contributed by atoms with Crippen molar-refractivity contribution in [1.82, 2.24) is 5.32 Å². The van der Waals surface area contributed by atoms with E-state index in [2.05, 4.69) is 10.6 Å². The molecule has 1 atom stereocenters. The molecule has 0 bridgehead atoms. The summed E-state index contributed by atoms with van der Waals surface area (Å²) in [4.78, 5) is 25.4. The van der Waals surface area contributed by atoms with Gasteiger partial charge in [-0.2, -0.15) is 0 Å². The Labute approximate surface area is 192 Å². The average Bonchev–Trinajstić information content (AvgIpc) is 3.38. The third kappa shape index (κ3) is 5.68. The molecule has 6 heteroatoms. The maximum Gasteiger partial charge on any atom is 0.265 e. The van der Waals surface area contributed by atoms with Crippen LogP contribution in [0.1, 0.15) is 23.0 Å². The number of para-hydroxylation sites is 1. The predicted molar refractivity (Wildman–Crippen MR) is 127 cm³/mol. The van der Waals surface area contributed by atoms with E-state index in [-0.39, 0.29) is 18.4 Å². The van der Waals surface area contributed by atoms with Crippen LogP contribution in [0.25, 0.3) is 11.1 Å². The number of amides is 2. The van der Waals surface area contributed by atoms with Crippen LogP contribution in [0.4, 0.5) is 5.69 Å². The van der Waals surface area contributed by atoms with E-state index in [0.717, 1.165) is 11.1 Å². The molecule has 166 valence electrons. The van der Waals surface area contributed by atoms with Crippen LogP contribution in [0.15, 0.2) is 102 Å². The standard InChI is InChI=1S/C27H24N2O4/c1-19(33-22-15-13-21(14-16-22)20-8-3-2-4-9-20)26(30)29-25-12-6-5-11-24(25)27(31)28-18-23-10-7-17-32-23/h2-17,19H,18H2,1H3,(H,28,31)(H,29,30). The lowest BCUT2D eigenvalue weighted by atomic mass is 10.1. The van der Waals surface area contributed by atoms with E-state index in [1.54, 1.807) is 49.6 Å². The van der Waals surface area contributed by atoms with Gasteiger partial charge in [-0.05, 0) is 54.4 Å². The van der Waals surface area contributed by atoms with Crippen LogP contribution in [0.3, 0.4) is 0 Å². The van der Waals surface area contributed by atoms with E-state index in [0.29, 0.717) is 22.8 Å². The number of hydrogen-bond donors (Lipinski definition) is 2. The second-order valence-electron chi connectivity index (χ2n) is 7.45. The van der Waals surface area contributed by atoms with Crippen molar-refractivity contribution in [2.45, 2.75) is 19.6 Å². The van der Waals surface area contributed by atoms with Crippen molar-refractivity contribution in [3.8, 4) is 16.9 Å². The normalized spacial score (nSPS) is 11.4. The molecule has 6 nitrogen and oxygen atoms in total. The molecule has 1 unspecified atom stereocenters. The minimum atomic E-state index is -0.758. The maximum atomic E-state index is 12.7. The van der Waals surface area contributed by atoms with Crippen LogP contribution in [0.2, 0.25) is 0 Å². The highest BCUT2D eigenvalue weighted by molar-refractivity contribution is 6.04. The van der Waals surface area contributed by atoms with Crippen molar-refractivity contribution < 1.29 is 18.7 Å². The summed E-state index contributed by atoms with van der Waals surface area (Å²) in [6, 6.07) is 28.0. The van der Waals surface area contributed by atoms with Crippen molar-refractivity contribution in [3.63, 3.8) is 0 Å². The molecule has 0 aliphatic heterocycles. The Hall–Kier alpha value is -4.32. The SMILES string of the molecule is CC(Oc1ccc(-c2ccccc2)cc1)C(=O)Nc1ccccc1C(=O)NCc1ccco1. The first kappa shape index (κ1) is 21.9. The summed E-state index contributed by atoms with van der Waals surface area (Å²) in [5.74, 6) is 0.563. The quantitative estimate of drug-likeness (QED) is 0.391. The van der Waals surface area contributed by atoms with Crippen molar-refractivity contribution in [1.29, 1.82) is 0 Å². The molecule has 0 saturated heterocycles. The first-order chi connectivity index (χ1) is 16.1. The molecular formula is C27H24N2O4. The van der Waals surface area contributed by atoms with Gasteiger partial charge in [-0.1, -0.05) is 54.6 Å². The summed E-state index contributed by atoms with van der Waals surface area (Å²) in [7, 11) is 0. The average molecular weight is 440 g/mol. The van der Waals surface area contributed by atoms with Gasteiger partial charge in [-0.25, -0.2) is 0 Å². The molecular weight excluding hydrogens is 416 g/mol. The van der Waals surface area contributed by atoms with Gasteiger partial charge in [0.1, 0.15) is 11.5 Å². The molecule has 0 aliphatic carbocycles. The summed E-state index contributed by atoms with van der Waals surface area (Å²) >= 11 is 0. The Balaban J connectivity index is 1.37. The molecule has 0 radical (unpaired) electrons. The second kappa shape index (κ2) is 10.3. The number of ether oxygens (including phenoxy) is 1. The minimum Gasteiger partial charge on any atom is -0.481 e. The van der Waals surface area contributed by atoms with Gasteiger partial charge in [-0.3, -0.25) is 9.59 Å². The van der Waals surface area contributed by atoms with Gasteiger partial charge in [0.25, 0.3) is 11.8 Å². The zero-order valence-electron chi connectivity index (χ0n) is 18.2. The monoisotopic (exact) mass is 440 g/mol. The second-order valence-corrected chi connectivity index (χ2v) is 7.45. The van der Waals surface area contributed by atoms with E-state index >= 15 is 0 Å². The molecule has 2 amide bonds. The van der Waals surface area contributed by atoms with Gasteiger partial charge in [0, 0.05) is 0 Å². The summed E-state index contributed by atoms with van der Waals surface area (Å²) in [5.41, 5.74) is 2.94. The number of carbonyl (C=O) groups is 2. The van der Waals surface area contributed by atoms with Gasteiger partial charge in [0.15, 0.2) is 6.10 Å². The zero-order chi connectivity index (χ0) is 23.0. The third-order valence-corrected chi connectivity index (χ3v) is 5.08. The Morgan fingerprint density at radius 2 is 1.55 bits per heavy atom. The summed E-state index contributed by atoms with van der Waals surface area (Å²) in [6.45, 7) is 1.92. The molecule has 1 aromatic heterocycles. The molecule has 3 aromatic carbocycles. The van der Waals surface area contributed by atoms with Gasteiger partial charge < -0.3 is 19.8 Å². The van der Waals surface area contributed by atoms with Gasteiger partial charge in [0.2, 0.25) is 0 Å². The molecule has 0 spiro atoms. The van der Waals surface area contributed by atoms with E-state index in [1.165, 1.54) is 0 Å². The number of rotatable bonds is 8. The first-order valence-corrected chi connectivity index (χ1v) is 10.6. The number of nitrogens with one attached hydrogen (secondary N) is 2. The van der Waals surface area contributed by atoms with E-state index in [4.69, 9.17) is 9.15 Å². The van der Waals surface area contributed by atoms with E-state index < -0.39 is 6.10 Å². The molecule has 0 fully saturated rings. The van der Waals surface area contributed by atoms with Gasteiger partial charge >= 0.3 is 0 Å². The van der Waals surface area contributed by atoms with Gasteiger partial charge in [-0.15, -0.1) is 0 Å². The number of anilines is 1. The van der Waals surface area contributed by atoms with Crippen LogP contribution in [-0.2, 0) is 11.3 Å². The molecule has 0 saturated carbocycles. The molecule has 0 aliphatic rings. The summed E-state index contributed by atoms with van der Waals surface area (Å²) in [6.07, 6.45) is 0.790. The fraction of sp³-hybridized carbons (Fsp3) is 0.111. The highest BCUT2D eigenvalue weighted by Crippen LogP contribution is 2.23. The Morgan fingerprint density at radius 1 is 0.848 bits per heavy atom. The fourth-order valence-electron chi connectivity index (χ4n) is 3.31. The van der Waals surface area contributed by atoms with Crippen LogP contribution in [0.5, 0.6) is 5.75 Å². The highest BCUT2D eigenvalue weighted by Gasteiger charge is 2.18. The summed E-state index contributed by atoms with van der Waals surface area (Å²) < 4.78 is 11.0. The Bertz CT molecular complexity index is 1200. The van der Waals surface area contributed by atoms with Gasteiger partial charge in [0.05, 0.1) is 24.1 Å². The number of carbonyl (C=O) groups excluding carboxylic acids is 2. The van der Waals surface area contributed by atoms with E-state index in [1.807, 2.05) is 54.6 Å². The topological polar surface area (TPSA) is 80.6 Å². The number of benzene rings is 3. The molecule has 1 heterocycles. The largest absolute Gasteiger partial charge is 0.481 e. The summed E-state index contributed by atoms with van der Waals surface area (Å²) in [5, 5.41) is 5.58. The smallest absolute Gasteiger partial charge is 0.265 e. The lowest BCUT2D eigenvalue weighted by Gasteiger charge is -2.16. The zero-order valence-corrected chi connectivity index (χ0v) is 18.2. The Morgan fingerprint density at radius 3 is 2.27 bits per heavy atom. The van der Waals surface area contributed by atoms with Crippen molar-refractivity contribution in [2.75, 3.05) is 5.32 Å². The molecule has 33 heavy (non-hydrogen) atoms. The van der Waals surface area contributed by atoms with Crippen LogP contribution in [-0.4, -0.2) is 17.9 Å². The van der Waals surface area contributed by atoms with Crippen LogP contribution in [0, 0.1) is 0 Å². The first-order valence-electron chi connectivity index (χ1n) is 10.6. The molecule has 4 rings (SSSR count). The highest BCUT2D eigenvalue weighted by atomic mass is 16.5. The van der Waals surface area contributed by atoms with Crippen molar-refractivity contribution in [3.05, 3.63) is 109 Å². The molecule has 4 aromatic rings. The fourth-order valence-corrected chi connectivity index (χ4v) is 3.31. The predicted octanol–water partition coefficient (Wildman–Crippen LogP) is 5.28. The van der Waals surface area contributed by atoms with Crippen molar-refractivity contribution >= 4 is 17.5 Å². The third-order valence-electron chi connectivity index (χ3n) is 5.08. The van der Waals surface area contributed by atoms with Crippen LogP contribution >= 0.6 is 0 Å². The van der Waals surface area contributed by atoms with E-state index in [9.17, 15) is 9.59 Å². The lowest BCUT2D eigenvalue weighted by Crippen LogP contribution is -2.31. The number of hydrogen-bond acceptors (Lipinski definition) is 4. The lowest BCUT2D eigenvalue weighted by molar-refractivity contribution is -0.122. The number of furan rings is 1. The molecule has 2 N–H and O–H groups in total. The minimum absolute atomic E-state index is 0.257. The maximum absolute atomic E-state index is 12.7. The van der Waals surface area contributed by atoms with Crippen molar-refractivity contribution in [2.24, 2.45) is 0 Å².